The Hall–Kier alpha value is -3.40. The molecule has 2 aromatic heterocycles. The highest BCUT2D eigenvalue weighted by Gasteiger charge is 2.26. The predicted molar refractivity (Wildman–Crippen MR) is 109 cm³/mol. The third-order valence-corrected chi connectivity index (χ3v) is 6.17. The van der Waals surface area contributed by atoms with E-state index in [2.05, 4.69) is 4.98 Å². The van der Waals surface area contributed by atoms with Gasteiger partial charge in [0.1, 0.15) is 17.2 Å². The Morgan fingerprint density at radius 2 is 1.90 bits per heavy atom. The van der Waals surface area contributed by atoms with Crippen molar-refractivity contribution < 1.29 is 27.4 Å². The summed E-state index contributed by atoms with van der Waals surface area (Å²) in [5.41, 5.74) is 0.422. The zero-order valence-corrected chi connectivity index (χ0v) is 16.8. The van der Waals surface area contributed by atoms with Gasteiger partial charge in [-0.2, -0.15) is 0 Å². The molecule has 10 heteroatoms. The van der Waals surface area contributed by atoms with Gasteiger partial charge in [-0.05, 0) is 18.2 Å². The number of aromatic hydroxyl groups is 2. The van der Waals surface area contributed by atoms with Crippen LogP contribution in [0.2, 0.25) is 0 Å². The number of fused-ring (bicyclic) bond motifs is 2. The molecule has 30 heavy (non-hydrogen) atoms. The molecule has 0 unspecified atom stereocenters. The Labute approximate surface area is 170 Å². The van der Waals surface area contributed by atoms with Crippen molar-refractivity contribution in [3.63, 3.8) is 0 Å². The van der Waals surface area contributed by atoms with Crippen LogP contribution in [0.15, 0.2) is 42.7 Å². The van der Waals surface area contributed by atoms with Gasteiger partial charge in [0.25, 0.3) is 0 Å². The monoisotopic (exact) mass is 433 g/mol. The Balaban J connectivity index is 2.04. The van der Waals surface area contributed by atoms with E-state index in [1.807, 2.05) is 0 Å². The summed E-state index contributed by atoms with van der Waals surface area (Å²) < 4.78 is 54.1. The van der Waals surface area contributed by atoms with Crippen molar-refractivity contribution in [1.29, 1.82) is 0 Å². The van der Waals surface area contributed by atoms with E-state index < -0.39 is 27.5 Å². The van der Waals surface area contributed by atoms with Crippen LogP contribution in [0, 0.1) is 11.6 Å². The Morgan fingerprint density at radius 1 is 1.17 bits per heavy atom. The van der Waals surface area contributed by atoms with E-state index in [4.69, 9.17) is 0 Å². The average molecular weight is 433 g/mol. The molecule has 0 amide bonds. The van der Waals surface area contributed by atoms with Crippen LogP contribution < -0.4 is 4.31 Å². The molecule has 0 bridgehead atoms. The molecule has 4 aromatic rings. The van der Waals surface area contributed by atoms with Gasteiger partial charge in [0.05, 0.1) is 23.9 Å². The Bertz CT molecular complexity index is 1420. The number of nitrogens with zero attached hydrogens (tertiary/aromatic N) is 3. The van der Waals surface area contributed by atoms with Gasteiger partial charge >= 0.3 is 0 Å². The summed E-state index contributed by atoms with van der Waals surface area (Å²) in [6.45, 7) is -0.169. The van der Waals surface area contributed by atoms with E-state index in [0.29, 0.717) is 5.39 Å². The zero-order chi connectivity index (χ0) is 21.8. The van der Waals surface area contributed by atoms with Crippen molar-refractivity contribution in [2.75, 3.05) is 17.6 Å². The molecule has 2 N–H and O–H groups in total. The number of pyridine rings is 1. The van der Waals surface area contributed by atoms with Gasteiger partial charge in [0.15, 0.2) is 5.75 Å². The van der Waals surface area contributed by atoms with E-state index in [1.165, 1.54) is 30.1 Å². The molecular weight excluding hydrogens is 416 g/mol. The van der Waals surface area contributed by atoms with Crippen LogP contribution in [-0.4, -0.2) is 41.5 Å². The SMILES string of the molecule is CN(c1c2cccnc2c(O)c2c(O)n(Cc3ccc(F)cc3F)cc12)S(C)(=O)=O. The summed E-state index contributed by atoms with van der Waals surface area (Å²) in [6.07, 6.45) is 3.87. The third-order valence-electron chi connectivity index (χ3n) is 5.00. The summed E-state index contributed by atoms with van der Waals surface area (Å²) in [7, 11) is -2.35. The van der Waals surface area contributed by atoms with E-state index in [9.17, 15) is 27.4 Å². The first-order chi connectivity index (χ1) is 14.1. The number of hydrogen-bond donors (Lipinski definition) is 2. The largest absolute Gasteiger partial charge is 0.505 e. The maximum Gasteiger partial charge on any atom is 0.232 e. The first-order valence-electron chi connectivity index (χ1n) is 8.79. The van der Waals surface area contributed by atoms with E-state index >= 15 is 0 Å². The molecule has 0 aliphatic heterocycles. The van der Waals surface area contributed by atoms with E-state index in [-0.39, 0.29) is 39.8 Å². The lowest BCUT2D eigenvalue weighted by Gasteiger charge is -2.20. The van der Waals surface area contributed by atoms with E-state index in [0.717, 1.165) is 22.7 Å². The van der Waals surface area contributed by atoms with Crippen molar-refractivity contribution in [3.8, 4) is 11.6 Å². The maximum absolute atomic E-state index is 14.1. The van der Waals surface area contributed by atoms with Crippen LogP contribution in [0.1, 0.15) is 5.56 Å². The van der Waals surface area contributed by atoms with Crippen molar-refractivity contribution in [2.45, 2.75) is 6.54 Å². The topological polar surface area (TPSA) is 95.7 Å². The number of rotatable bonds is 4. The fourth-order valence-corrected chi connectivity index (χ4v) is 3.99. The number of sulfonamides is 1. The molecule has 7 nitrogen and oxygen atoms in total. The first-order valence-corrected chi connectivity index (χ1v) is 10.6. The summed E-state index contributed by atoms with van der Waals surface area (Å²) in [6, 6.07) is 6.27. The standard InChI is InChI=1S/C20H17F2N3O4S/c1-24(30(2,28)29)18-13-4-3-7-23-17(13)19(26)16-14(18)10-25(20(16)27)9-11-5-6-12(21)8-15(11)22/h3-8,10,26-27H,9H2,1-2H3. The van der Waals surface area contributed by atoms with Crippen LogP contribution in [0.4, 0.5) is 14.5 Å². The third kappa shape index (κ3) is 3.09. The second-order valence-corrected chi connectivity index (χ2v) is 8.95. The quantitative estimate of drug-likeness (QED) is 0.515. The number of hydrogen-bond acceptors (Lipinski definition) is 5. The highest BCUT2D eigenvalue weighted by Crippen LogP contribution is 2.46. The number of halogens is 2. The van der Waals surface area contributed by atoms with Crippen molar-refractivity contribution in [2.24, 2.45) is 0 Å². The molecular formula is C20H17F2N3O4S. The van der Waals surface area contributed by atoms with Crippen LogP contribution in [0.5, 0.6) is 11.6 Å². The van der Waals surface area contributed by atoms with Gasteiger partial charge in [-0.3, -0.25) is 9.29 Å². The minimum Gasteiger partial charge on any atom is -0.505 e. The first kappa shape index (κ1) is 19.9. The molecule has 0 aliphatic carbocycles. The van der Waals surface area contributed by atoms with Crippen molar-refractivity contribution >= 4 is 37.4 Å². The van der Waals surface area contributed by atoms with Gasteiger partial charge < -0.3 is 14.8 Å². The Morgan fingerprint density at radius 3 is 2.57 bits per heavy atom. The molecule has 4 rings (SSSR count). The molecule has 0 radical (unpaired) electrons. The lowest BCUT2D eigenvalue weighted by molar-refractivity contribution is 0.423. The second-order valence-electron chi connectivity index (χ2n) is 6.93. The number of phenolic OH excluding ortho intramolecular Hbond substituents is 1. The zero-order valence-electron chi connectivity index (χ0n) is 16.0. The summed E-state index contributed by atoms with van der Waals surface area (Å²) >= 11 is 0. The highest BCUT2D eigenvalue weighted by molar-refractivity contribution is 7.92. The maximum atomic E-state index is 14.1. The summed E-state index contributed by atoms with van der Waals surface area (Å²) in [5, 5.41) is 22.1. The molecule has 0 saturated heterocycles. The number of anilines is 1. The number of aromatic nitrogens is 2. The van der Waals surface area contributed by atoms with Gasteiger partial charge in [-0.1, -0.05) is 6.07 Å². The molecule has 0 atom stereocenters. The number of benzene rings is 2. The molecule has 156 valence electrons. The average Bonchev–Trinajstić information content (AvgIpc) is 3.00. The predicted octanol–water partition coefficient (Wildman–Crippen LogP) is 3.32. The molecule has 0 fully saturated rings. The van der Waals surface area contributed by atoms with Gasteiger partial charge in [-0.25, -0.2) is 17.2 Å². The fraction of sp³-hybridized carbons (Fsp3) is 0.150. The smallest absolute Gasteiger partial charge is 0.232 e. The molecule has 0 spiro atoms. The lowest BCUT2D eigenvalue weighted by Crippen LogP contribution is -2.25. The van der Waals surface area contributed by atoms with Crippen LogP contribution in [0.3, 0.4) is 0 Å². The van der Waals surface area contributed by atoms with Gasteiger partial charge in [-0.15, -0.1) is 0 Å². The fourth-order valence-electron chi connectivity index (χ4n) is 3.47. The molecule has 0 saturated carbocycles. The number of phenols is 1. The van der Waals surface area contributed by atoms with Crippen LogP contribution >= 0.6 is 0 Å². The molecule has 2 aromatic carbocycles. The summed E-state index contributed by atoms with van der Waals surface area (Å²) in [5.74, 6) is -2.26. The second kappa shape index (κ2) is 6.84. The molecule has 0 aliphatic rings. The molecule has 2 heterocycles. The minimum absolute atomic E-state index is 0.0192. The highest BCUT2D eigenvalue weighted by atomic mass is 32.2. The van der Waals surface area contributed by atoms with Gasteiger partial charge in [0, 0.05) is 41.8 Å². The summed E-state index contributed by atoms with van der Waals surface area (Å²) in [4.78, 5) is 4.12. The van der Waals surface area contributed by atoms with Crippen LogP contribution in [-0.2, 0) is 16.6 Å². The van der Waals surface area contributed by atoms with Crippen LogP contribution in [0.25, 0.3) is 21.7 Å². The minimum atomic E-state index is -3.69. The lowest BCUT2D eigenvalue weighted by atomic mass is 10.1. The Kier molecular flexibility index (Phi) is 4.53. The normalized spacial score (nSPS) is 12.0. The van der Waals surface area contributed by atoms with E-state index in [1.54, 1.807) is 12.1 Å². The van der Waals surface area contributed by atoms with Gasteiger partial charge in [0.2, 0.25) is 15.9 Å². The van der Waals surface area contributed by atoms with Crippen molar-refractivity contribution in [3.05, 3.63) is 59.9 Å². The van der Waals surface area contributed by atoms with Crippen molar-refractivity contribution in [1.82, 2.24) is 9.55 Å².